The van der Waals surface area contributed by atoms with E-state index in [9.17, 15) is 0 Å². The van der Waals surface area contributed by atoms with Gasteiger partial charge in [-0.05, 0) is 72.6 Å². The number of hydrogen-bond donors (Lipinski definition) is 0. The molecule has 0 N–H and O–H groups in total. The number of methoxy groups -OCH3 is 2. The fraction of sp³-hybridized carbons (Fsp3) is 0.417. The predicted octanol–water partition coefficient (Wildman–Crippen LogP) is 6.23. The van der Waals surface area contributed by atoms with Gasteiger partial charge < -0.3 is 9.47 Å². The van der Waals surface area contributed by atoms with Gasteiger partial charge in [-0.1, -0.05) is 43.5 Å². The Morgan fingerprint density at radius 3 is 1.62 bits per heavy atom. The highest BCUT2D eigenvalue weighted by Gasteiger charge is 2.09. The SMILES string of the molecule is COc1cc(/C=C/c2cc3c(C)c(c2)CCCCCCC3)cc(OC)c1. The maximum atomic E-state index is 5.37. The van der Waals surface area contributed by atoms with Crippen molar-refractivity contribution in [3.63, 3.8) is 0 Å². The molecular formula is C24H30O2. The molecule has 0 spiro atoms. The first-order valence-electron chi connectivity index (χ1n) is 9.73. The standard InChI is InChI=1S/C24H30O2/c1-18-21-9-7-5-4-6-8-10-22(18)14-19(13-21)11-12-20-15-23(25-2)17-24(16-20)26-3/h11-17H,4-10H2,1-3H3/b12-11+. The second-order valence-corrected chi connectivity index (χ2v) is 7.21. The van der Waals surface area contributed by atoms with E-state index < -0.39 is 0 Å². The van der Waals surface area contributed by atoms with Crippen LogP contribution in [0.5, 0.6) is 11.5 Å². The van der Waals surface area contributed by atoms with E-state index in [-0.39, 0.29) is 0 Å². The van der Waals surface area contributed by atoms with Crippen LogP contribution in [0.2, 0.25) is 0 Å². The highest BCUT2D eigenvalue weighted by Crippen LogP contribution is 2.26. The molecule has 0 aliphatic heterocycles. The summed E-state index contributed by atoms with van der Waals surface area (Å²) in [4.78, 5) is 0. The lowest BCUT2D eigenvalue weighted by atomic mass is 9.90. The normalized spacial score (nSPS) is 15.0. The zero-order valence-electron chi connectivity index (χ0n) is 16.3. The lowest BCUT2D eigenvalue weighted by Gasteiger charge is -2.15. The molecule has 0 aromatic heterocycles. The van der Waals surface area contributed by atoms with E-state index in [1.807, 2.05) is 18.2 Å². The van der Waals surface area contributed by atoms with Gasteiger partial charge in [0.2, 0.25) is 0 Å². The van der Waals surface area contributed by atoms with Gasteiger partial charge >= 0.3 is 0 Å². The van der Waals surface area contributed by atoms with E-state index in [1.54, 1.807) is 14.2 Å². The third-order valence-electron chi connectivity index (χ3n) is 5.38. The quantitative estimate of drug-likeness (QED) is 0.608. The second-order valence-electron chi connectivity index (χ2n) is 7.21. The molecule has 26 heavy (non-hydrogen) atoms. The van der Waals surface area contributed by atoms with Gasteiger partial charge in [0.25, 0.3) is 0 Å². The Labute approximate surface area is 157 Å². The lowest BCUT2D eigenvalue weighted by Crippen LogP contribution is -2.00. The van der Waals surface area contributed by atoms with Gasteiger partial charge in [0.15, 0.2) is 0 Å². The van der Waals surface area contributed by atoms with Gasteiger partial charge in [0.05, 0.1) is 14.2 Å². The summed E-state index contributed by atoms with van der Waals surface area (Å²) in [6, 6.07) is 10.7. The van der Waals surface area contributed by atoms with Crippen LogP contribution in [0.4, 0.5) is 0 Å². The molecular weight excluding hydrogens is 320 g/mol. The first-order chi connectivity index (χ1) is 12.7. The predicted molar refractivity (Wildman–Crippen MR) is 110 cm³/mol. The molecule has 3 rings (SSSR count). The summed E-state index contributed by atoms with van der Waals surface area (Å²) >= 11 is 0. The van der Waals surface area contributed by atoms with E-state index in [4.69, 9.17) is 9.47 Å². The minimum Gasteiger partial charge on any atom is -0.497 e. The molecule has 0 saturated heterocycles. The van der Waals surface area contributed by atoms with Crippen molar-refractivity contribution >= 4 is 12.2 Å². The summed E-state index contributed by atoms with van der Waals surface area (Å²) in [6.45, 7) is 2.30. The number of fused-ring (bicyclic) bond motifs is 2. The Hall–Kier alpha value is -2.22. The van der Waals surface area contributed by atoms with E-state index >= 15 is 0 Å². The fourth-order valence-corrected chi connectivity index (χ4v) is 3.76. The van der Waals surface area contributed by atoms with Crippen molar-refractivity contribution in [1.29, 1.82) is 0 Å². The molecule has 0 unspecified atom stereocenters. The molecule has 1 aliphatic carbocycles. The van der Waals surface area contributed by atoms with Crippen LogP contribution in [0.3, 0.4) is 0 Å². The Morgan fingerprint density at radius 1 is 0.654 bits per heavy atom. The topological polar surface area (TPSA) is 18.5 Å². The summed E-state index contributed by atoms with van der Waals surface area (Å²) in [5.74, 6) is 1.63. The first-order valence-corrected chi connectivity index (χ1v) is 9.73. The number of aryl methyl sites for hydroxylation is 2. The Balaban J connectivity index is 1.90. The third-order valence-corrected chi connectivity index (χ3v) is 5.38. The average Bonchev–Trinajstić information content (AvgIpc) is 2.66. The number of hydrogen-bond acceptors (Lipinski definition) is 2. The van der Waals surface area contributed by atoms with Crippen LogP contribution < -0.4 is 9.47 Å². The Kier molecular flexibility index (Phi) is 6.38. The Morgan fingerprint density at radius 2 is 1.12 bits per heavy atom. The molecule has 0 fully saturated rings. The molecule has 2 nitrogen and oxygen atoms in total. The van der Waals surface area contributed by atoms with E-state index in [0.717, 1.165) is 17.1 Å². The van der Waals surface area contributed by atoms with Crippen LogP contribution >= 0.6 is 0 Å². The number of rotatable bonds is 4. The third kappa shape index (κ3) is 4.69. The number of ether oxygens (including phenoxy) is 2. The Bertz CT molecular complexity index is 723. The molecule has 2 aromatic rings. The molecule has 0 amide bonds. The maximum absolute atomic E-state index is 5.37. The first kappa shape index (κ1) is 18.6. The van der Waals surface area contributed by atoms with E-state index in [0.29, 0.717) is 0 Å². The van der Waals surface area contributed by atoms with Crippen LogP contribution in [0, 0.1) is 6.92 Å². The van der Waals surface area contributed by atoms with Crippen molar-refractivity contribution in [2.75, 3.05) is 14.2 Å². The van der Waals surface area contributed by atoms with Gasteiger partial charge in [-0.3, -0.25) is 0 Å². The molecule has 0 radical (unpaired) electrons. The van der Waals surface area contributed by atoms with Crippen molar-refractivity contribution in [2.24, 2.45) is 0 Å². The van der Waals surface area contributed by atoms with Crippen LogP contribution in [0.25, 0.3) is 12.2 Å². The summed E-state index contributed by atoms with van der Waals surface area (Å²) in [5, 5.41) is 0. The van der Waals surface area contributed by atoms with Crippen molar-refractivity contribution in [3.8, 4) is 11.5 Å². The van der Waals surface area contributed by atoms with Gasteiger partial charge in [-0.25, -0.2) is 0 Å². The highest BCUT2D eigenvalue weighted by atomic mass is 16.5. The van der Waals surface area contributed by atoms with Gasteiger partial charge in [0, 0.05) is 6.07 Å². The molecule has 0 saturated carbocycles. The van der Waals surface area contributed by atoms with Crippen molar-refractivity contribution in [1.82, 2.24) is 0 Å². The second kappa shape index (κ2) is 8.93. The largest absolute Gasteiger partial charge is 0.497 e. The van der Waals surface area contributed by atoms with Crippen LogP contribution in [0.1, 0.15) is 59.9 Å². The zero-order valence-corrected chi connectivity index (χ0v) is 16.3. The van der Waals surface area contributed by atoms with Crippen LogP contribution in [0.15, 0.2) is 30.3 Å². The summed E-state index contributed by atoms with van der Waals surface area (Å²) in [6.07, 6.45) is 13.5. The number of benzene rings is 2. The zero-order chi connectivity index (χ0) is 18.4. The highest BCUT2D eigenvalue weighted by molar-refractivity contribution is 5.72. The molecule has 0 atom stereocenters. The molecule has 0 heterocycles. The summed E-state index contributed by atoms with van der Waals surface area (Å²) in [7, 11) is 3.37. The summed E-state index contributed by atoms with van der Waals surface area (Å²) < 4.78 is 10.7. The summed E-state index contributed by atoms with van der Waals surface area (Å²) in [5.41, 5.74) is 6.93. The lowest BCUT2D eigenvalue weighted by molar-refractivity contribution is 0.394. The minimum atomic E-state index is 0.816. The van der Waals surface area contributed by atoms with Gasteiger partial charge in [0.1, 0.15) is 11.5 Å². The van der Waals surface area contributed by atoms with E-state index in [1.165, 1.54) is 67.2 Å². The average molecular weight is 351 g/mol. The molecule has 1 aliphatic rings. The van der Waals surface area contributed by atoms with E-state index in [2.05, 4.69) is 31.2 Å². The van der Waals surface area contributed by atoms with Crippen molar-refractivity contribution in [2.45, 2.75) is 51.9 Å². The van der Waals surface area contributed by atoms with Crippen molar-refractivity contribution < 1.29 is 9.47 Å². The fourth-order valence-electron chi connectivity index (χ4n) is 3.76. The molecule has 2 bridgehead atoms. The van der Waals surface area contributed by atoms with Gasteiger partial charge in [-0.2, -0.15) is 0 Å². The van der Waals surface area contributed by atoms with Gasteiger partial charge in [-0.15, -0.1) is 0 Å². The minimum absolute atomic E-state index is 0.816. The van der Waals surface area contributed by atoms with Crippen LogP contribution in [-0.4, -0.2) is 14.2 Å². The smallest absolute Gasteiger partial charge is 0.123 e. The molecule has 138 valence electrons. The molecule has 2 aromatic carbocycles. The molecule has 2 heteroatoms. The van der Waals surface area contributed by atoms with Crippen molar-refractivity contribution in [3.05, 3.63) is 58.1 Å². The van der Waals surface area contributed by atoms with Crippen LogP contribution in [-0.2, 0) is 12.8 Å². The maximum Gasteiger partial charge on any atom is 0.123 e. The monoisotopic (exact) mass is 350 g/mol.